The molecule has 3 aromatic rings. The zero-order valence-electron chi connectivity index (χ0n) is 14.8. The topological polar surface area (TPSA) is 54.5 Å². The fourth-order valence-corrected chi connectivity index (χ4v) is 3.82. The van der Waals surface area contributed by atoms with E-state index in [0.717, 1.165) is 15.2 Å². The van der Waals surface area contributed by atoms with Crippen molar-refractivity contribution in [2.75, 3.05) is 19.5 Å². The van der Waals surface area contributed by atoms with E-state index < -0.39 is 0 Å². The van der Waals surface area contributed by atoms with Crippen molar-refractivity contribution in [3.8, 4) is 5.75 Å². The highest BCUT2D eigenvalue weighted by Gasteiger charge is 2.20. The monoisotopic (exact) mass is 389 g/mol. The molecular formula is C19H20ClN3O2S. The van der Waals surface area contributed by atoms with E-state index in [0.29, 0.717) is 23.0 Å². The first-order chi connectivity index (χ1) is 12.5. The summed E-state index contributed by atoms with van der Waals surface area (Å²) in [5.41, 5.74) is 1.63. The molecule has 0 aliphatic rings. The molecule has 1 aromatic heterocycles. The van der Waals surface area contributed by atoms with Gasteiger partial charge in [0.05, 0.1) is 34.9 Å². The van der Waals surface area contributed by atoms with Gasteiger partial charge in [0.1, 0.15) is 10.8 Å². The first-order valence-electron chi connectivity index (χ1n) is 8.17. The second kappa shape index (κ2) is 8.03. The molecule has 1 atom stereocenters. The predicted molar refractivity (Wildman–Crippen MR) is 107 cm³/mol. The Balaban J connectivity index is 1.64. The van der Waals surface area contributed by atoms with Crippen LogP contribution in [0.4, 0.5) is 5.69 Å². The molecule has 0 aliphatic carbocycles. The molecule has 0 saturated heterocycles. The number of fused-ring (bicyclic) bond motifs is 1. The molecule has 1 heterocycles. The summed E-state index contributed by atoms with van der Waals surface area (Å²) < 4.78 is 6.28. The number of anilines is 1. The second-order valence-corrected chi connectivity index (χ2v) is 7.53. The minimum atomic E-state index is -0.317. The zero-order valence-corrected chi connectivity index (χ0v) is 16.4. The number of rotatable bonds is 6. The number of amides is 1. The minimum Gasteiger partial charge on any atom is -0.495 e. The van der Waals surface area contributed by atoms with Crippen molar-refractivity contribution < 1.29 is 9.53 Å². The van der Waals surface area contributed by atoms with Gasteiger partial charge in [0.2, 0.25) is 5.91 Å². The lowest BCUT2D eigenvalue weighted by Gasteiger charge is -2.23. The number of carbonyl (C=O) groups is 1. The van der Waals surface area contributed by atoms with Gasteiger partial charge < -0.3 is 10.1 Å². The van der Waals surface area contributed by atoms with E-state index in [-0.39, 0.29) is 11.9 Å². The van der Waals surface area contributed by atoms with Gasteiger partial charge in [-0.2, -0.15) is 0 Å². The predicted octanol–water partition coefficient (Wildman–Crippen LogP) is 4.42. The number of halogens is 1. The third-order valence-electron chi connectivity index (χ3n) is 4.18. The average Bonchev–Trinajstić information content (AvgIpc) is 3.03. The highest BCUT2D eigenvalue weighted by molar-refractivity contribution is 7.18. The lowest BCUT2D eigenvalue weighted by Crippen LogP contribution is -2.39. The van der Waals surface area contributed by atoms with Gasteiger partial charge in [-0.1, -0.05) is 23.7 Å². The quantitative estimate of drug-likeness (QED) is 0.678. The van der Waals surface area contributed by atoms with Crippen LogP contribution in [0.2, 0.25) is 5.02 Å². The molecule has 5 nitrogen and oxygen atoms in total. The summed E-state index contributed by atoms with van der Waals surface area (Å²) >= 11 is 7.76. The molecule has 0 spiro atoms. The SMILES string of the molecule is COc1ccc(NC(=O)[C@@H](C)N(C)Cc2nc3ccccc3s2)cc1Cl. The van der Waals surface area contributed by atoms with Crippen LogP contribution in [0.1, 0.15) is 11.9 Å². The summed E-state index contributed by atoms with van der Waals surface area (Å²) in [5, 5.41) is 4.34. The smallest absolute Gasteiger partial charge is 0.241 e. The third kappa shape index (κ3) is 4.15. The van der Waals surface area contributed by atoms with Crippen LogP contribution in [0, 0.1) is 0 Å². The molecule has 3 rings (SSSR count). The van der Waals surface area contributed by atoms with Gasteiger partial charge in [0.25, 0.3) is 0 Å². The Hall–Kier alpha value is -2.15. The van der Waals surface area contributed by atoms with E-state index in [1.165, 1.54) is 0 Å². The van der Waals surface area contributed by atoms with E-state index in [9.17, 15) is 4.79 Å². The summed E-state index contributed by atoms with van der Waals surface area (Å²) in [5.74, 6) is 0.473. The average molecular weight is 390 g/mol. The molecular weight excluding hydrogens is 370 g/mol. The lowest BCUT2D eigenvalue weighted by molar-refractivity contribution is -0.120. The van der Waals surface area contributed by atoms with Crippen LogP contribution >= 0.6 is 22.9 Å². The van der Waals surface area contributed by atoms with Crippen LogP contribution in [0.5, 0.6) is 5.75 Å². The van der Waals surface area contributed by atoms with Gasteiger partial charge in [0, 0.05) is 5.69 Å². The Kier molecular flexibility index (Phi) is 5.76. The molecule has 0 unspecified atom stereocenters. The van der Waals surface area contributed by atoms with Gasteiger partial charge in [-0.25, -0.2) is 4.98 Å². The molecule has 26 heavy (non-hydrogen) atoms. The number of aromatic nitrogens is 1. The lowest BCUT2D eigenvalue weighted by atomic mass is 10.2. The van der Waals surface area contributed by atoms with Crippen LogP contribution in [0.15, 0.2) is 42.5 Å². The van der Waals surface area contributed by atoms with E-state index in [1.807, 2.05) is 37.1 Å². The van der Waals surface area contributed by atoms with Crippen molar-refractivity contribution in [2.24, 2.45) is 0 Å². The number of methoxy groups -OCH3 is 1. The molecule has 0 fully saturated rings. The van der Waals surface area contributed by atoms with Gasteiger partial charge in [0.15, 0.2) is 0 Å². The number of hydrogen-bond donors (Lipinski definition) is 1. The van der Waals surface area contributed by atoms with Crippen molar-refractivity contribution >= 4 is 44.7 Å². The summed E-state index contributed by atoms with van der Waals surface area (Å²) in [6.07, 6.45) is 0. The number of nitrogens with zero attached hydrogens (tertiary/aromatic N) is 2. The Bertz CT molecular complexity index is 895. The summed E-state index contributed by atoms with van der Waals surface area (Å²) in [4.78, 5) is 19.1. The Labute approximate surface area is 161 Å². The summed E-state index contributed by atoms with van der Waals surface area (Å²) in [6, 6.07) is 12.9. The number of para-hydroxylation sites is 1. The maximum atomic E-state index is 12.5. The Morgan fingerprint density at radius 3 is 2.81 bits per heavy atom. The standard InChI is InChI=1S/C19H20ClN3O2S/c1-12(19(24)21-13-8-9-16(25-3)14(20)10-13)23(2)11-18-22-15-6-4-5-7-17(15)26-18/h4-10,12H,11H2,1-3H3,(H,21,24)/t12-/m1/s1. The fourth-order valence-electron chi connectivity index (χ4n) is 2.53. The summed E-state index contributed by atoms with van der Waals surface area (Å²) in [6.45, 7) is 2.48. The zero-order chi connectivity index (χ0) is 18.7. The molecule has 7 heteroatoms. The van der Waals surface area contributed by atoms with Crippen molar-refractivity contribution in [3.63, 3.8) is 0 Å². The van der Waals surface area contributed by atoms with Gasteiger partial charge in [-0.3, -0.25) is 9.69 Å². The van der Waals surface area contributed by atoms with Crippen molar-refractivity contribution in [1.29, 1.82) is 0 Å². The van der Waals surface area contributed by atoms with E-state index in [4.69, 9.17) is 16.3 Å². The molecule has 0 saturated carbocycles. The fraction of sp³-hybridized carbons (Fsp3) is 0.263. The van der Waals surface area contributed by atoms with Crippen LogP contribution < -0.4 is 10.1 Å². The normalized spacial score (nSPS) is 12.3. The number of nitrogens with one attached hydrogen (secondary N) is 1. The van der Waals surface area contributed by atoms with E-state index in [1.54, 1.807) is 36.6 Å². The number of benzene rings is 2. The van der Waals surface area contributed by atoms with E-state index in [2.05, 4.69) is 16.4 Å². The molecule has 1 amide bonds. The first kappa shape index (κ1) is 18.6. The maximum absolute atomic E-state index is 12.5. The second-order valence-electron chi connectivity index (χ2n) is 6.00. The molecule has 0 radical (unpaired) electrons. The largest absolute Gasteiger partial charge is 0.495 e. The van der Waals surface area contributed by atoms with Crippen LogP contribution in [-0.2, 0) is 11.3 Å². The number of ether oxygens (including phenoxy) is 1. The molecule has 136 valence electrons. The van der Waals surface area contributed by atoms with Crippen molar-refractivity contribution in [1.82, 2.24) is 9.88 Å². The Morgan fingerprint density at radius 2 is 2.12 bits per heavy atom. The highest BCUT2D eigenvalue weighted by Crippen LogP contribution is 2.27. The summed E-state index contributed by atoms with van der Waals surface area (Å²) in [7, 11) is 3.47. The molecule has 1 N–H and O–H groups in total. The number of thiazole rings is 1. The maximum Gasteiger partial charge on any atom is 0.241 e. The highest BCUT2D eigenvalue weighted by atomic mass is 35.5. The van der Waals surface area contributed by atoms with Crippen molar-refractivity contribution in [3.05, 3.63) is 52.5 Å². The van der Waals surface area contributed by atoms with Crippen LogP contribution in [0.3, 0.4) is 0 Å². The van der Waals surface area contributed by atoms with Crippen LogP contribution in [0.25, 0.3) is 10.2 Å². The van der Waals surface area contributed by atoms with Crippen molar-refractivity contribution in [2.45, 2.75) is 19.5 Å². The number of likely N-dealkylation sites (N-methyl/N-ethyl adjacent to an activating group) is 1. The van der Waals surface area contributed by atoms with E-state index >= 15 is 0 Å². The molecule has 0 aliphatic heterocycles. The number of hydrogen-bond acceptors (Lipinski definition) is 5. The van der Waals surface area contributed by atoms with Gasteiger partial charge in [-0.05, 0) is 44.3 Å². The van der Waals surface area contributed by atoms with Gasteiger partial charge >= 0.3 is 0 Å². The molecule has 2 aromatic carbocycles. The number of carbonyl (C=O) groups excluding carboxylic acids is 1. The molecule has 0 bridgehead atoms. The Morgan fingerprint density at radius 1 is 1.35 bits per heavy atom. The minimum absolute atomic E-state index is 0.102. The van der Waals surface area contributed by atoms with Crippen LogP contribution in [-0.4, -0.2) is 36.0 Å². The third-order valence-corrected chi connectivity index (χ3v) is 5.50. The first-order valence-corrected chi connectivity index (χ1v) is 9.36. The van der Waals surface area contributed by atoms with Gasteiger partial charge in [-0.15, -0.1) is 11.3 Å².